The van der Waals surface area contributed by atoms with Gasteiger partial charge in [-0.2, -0.15) is 0 Å². The van der Waals surface area contributed by atoms with Gasteiger partial charge in [-0.15, -0.1) is 10.2 Å². The van der Waals surface area contributed by atoms with E-state index < -0.39 is 5.25 Å². The van der Waals surface area contributed by atoms with E-state index in [4.69, 9.17) is 23.2 Å². The van der Waals surface area contributed by atoms with Crippen molar-refractivity contribution in [1.29, 1.82) is 0 Å². The molecule has 2 aromatic carbocycles. The Hall–Kier alpha value is -2.09. The van der Waals surface area contributed by atoms with Crippen LogP contribution in [0, 0.1) is 5.82 Å². The summed E-state index contributed by atoms with van der Waals surface area (Å²) in [6, 6.07) is 11.7. The molecule has 0 aliphatic heterocycles. The lowest BCUT2D eigenvalue weighted by atomic mass is 10.1. The first kappa shape index (κ1) is 22.1. The smallest absolute Gasteiger partial charge is 0.233 e. The van der Waals surface area contributed by atoms with Crippen LogP contribution in [-0.2, 0) is 4.79 Å². The van der Waals surface area contributed by atoms with Gasteiger partial charge in [-0.05, 0) is 56.5 Å². The quantitative estimate of drug-likeness (QED) is 0.417. The van der Waals surface area contributed by atoms with E-state index in [-0.39, 0.29) is 23.8 Å². The number of hydrogen-bond donors (Lipinski definition) is 1. The number of amides is 1. The zero-order chi connectivity index (χ0) is 22.1. The number of benzene rings is 2. The van der Waals surface area contributed by atoms with Gasteiger partial charge >= 0.3 is 0 Å². The standard InChI is InChI=1S/C22H21Cl2FN4OS/c1-12(16-10-7-14(23)11-18(16)24)26-21(30)13(2)31-22-28-27-20(29(22)15-8-9-15)17-5-3-4-6-19(17)25/h3-7,10-13,15H,8-9H2,1-2H3,(H,26,30). The number of nitrogens with one attached hydrogen (secondary N) is 1. The maximum atomic E-state index is 14.3. The van der Waals surface area contributed by atoms with Crippen LogP contribution < -0.4 is 5.32 Å². The van der Waals surface area contributed by atoms with Gasteiger partial charge in [-0.3, -0.25) is 9.36 Å². The van der Waals surface area contributed by atoms with Gasteiger partial charge in [-0.25, -0.2) is 4.39 Å². The minimum Gasteiger partial charge on any atom is -0.349 e. The normalized spacial score (nSPS) is 15.5. The van der Waals surface area contributed by atoms with Crippen molar-refractivity contribution in [2.75, 3.05) is 0 Å². The molecule has 1 amide bonds. The van der Waals surface area contributed by atoms with E-state index in [1.165, 1.54) is 17.8 Å². The minimum absolute atomic E-state index is 0.152. The Kier molecular flexibility index (Phi) is 6.55. The largest absolute Gasteiger partial charge is 0.349 e. The minimum atomic E-state index is -0.427. The topological polar surface area (TPSA) is 59.8 Å². The molecular formula is C22H21Cl2FN4OS. The number of thioether (sulfide) groups is 1. The third kappa shape index (κ3) is 4.89. The lowest BCUT2D eigenvalue weighted by Gasteiger charge is -2.19. The molecule has 5 nitrogen and oxygen atoms in total. The van der Waals surface area contributed by atoms with Crippen LogP contribution in [-0.4, -0.2) is 25.9 Å². The maximum absolute atomic E-state index is 14.3. The fourth-order valence-corrected chi connectivity index (χ4v) is 4.82. The van der Waals surface area contributed by atoms with Crippen molar-refractivity contribution in [3.63, 3.8) is 0 Å². The lowest BCUT2D eigenvalue weighted by molar-refractivity contribution is -0.120. The zero-order valence-corrected chi connectivity index (χ0v) is 19.3. The predicted octanol–water partition coefficient (Wildman–Crippen LogP) is 6.08. The first-order valence-electron chi connectivity index (χ1n) is 9.97. The number of rotatable bonds is 7. The van der Waals surface area contributed by atoms with E-state index in [9.17, 15) is 9.18 Å². The molecule has 1 N–H and O–H groups in total. The number of carbonyl (C=O) groups is 1. The van der Waals surface area contributed by atoms with Crippen LogP contribution in [0.15, 0.2) is 47.6 Å². The molecular weight excluding hydrogens is 458 g/mol. The molecule has 2 unspecified atom stereocenters. The highest BCUT2D eigenvalue weighted by Crippen LogP contribution is 2.42. The molecule has 1 aliphatic rings. The summed E-state index contributed by atoms with van der Waals surface area (Å²) >= 11 is 13.5. The van der Waals surface area contributed by atoms with Gasteiger partial charge in [-0.1, -0.05) is 53.2 Å². The fraction of sp³-hybridized carbons (Fsp3) is 0.318. The number of hydrogen-bond acceptors (Lipinski definition) is 4. The number of halogens is 3. The molecule has 0 spiro atoms. The van der Waals surface area contributed by atoms with E-state index in [1.54, 1.807) is 36.4 Å². The second-order valence-corrected chi connectivity index (χ2v) is 9.69. The summed E-state index contributed by atoms with van der Waals surface area (Å²) in [7, 11) is 0. The van der Waals surface area contributed by atoms with Gasteiger partial charge in [0.25, 0.3) is 0 Å². The Balaban J connectivity index is 1.50. The fourth-order valence-electron chi connectivity index (χ4n) is 3.32. The van der Waals surface area contributed by atoms with Gasteiger partial charge in [0.2, 0.25) is 5.91 Å². The van der Waals surface area contributed by atoms with Crippen molar-refractivity contribution >= 4 is 40.9 Å². The third-order valence-corrected chi connectivity index (χ3v) is 6.75. The molecule has 0 saturated heterocycles. The molecule has 1 aliphatic carbocycles. The molecule has 31 heavy (non-hydrogen) atoms. The molecule has 1 fully saturated rings. The average molecular weight is 479 g/mol. The number of carbonyl (C=O) groups excluding carboxylic acids is 1. The average Bonchev–Trinajstić information content (AvgIpc) is 3.48. The maximum Gasteiger partial charge on any atom is 0.233 e. The monoisotopic (exact) mass is 478 g/mol. The molecule has 9 heteroatoms. The number of aromatic nitrogens is 3. The molecule has 0 bridgehead atoms. The van der Waals surface area contributed by atoms with Crippen molar-refractivity contribution in [2.24, 2.45) is 0 Å². The Morgan fingerprint density at radius 3 is 2.61 bits per heavy atom. The Labute approximate surface area is 194 Å². The van der Waals surface area contributed by atoms with Gasteiger partial charge in [0, 0.05) is 16.1 Å². The number of nitrogens with zero attached hydrogens (tertiary/aromatic N) is 3. The molecule has 3 aromatic rings. The Bertz CT molecular complexity index is 1120. The Morgan fingerprint density at radius 1 is 1.19 bits per heavy atom. The van der Waals surface area contributed by atoms with E-state index in [1.807, 2.05) is 18.4 Å². The van der Waals surface area contributed by atoms with Crippen molar-refractivity contribution in [1.82, 2.24) is 20.1 Å². The molecule has 1 aromatic heterocycles. The summed E-state index contributed by atoms with van der Waals surface area (Å²) in [6.07, 6.45) is 1.97. The van der Waals surface area contributed by atoms with Crippen molar-refractivity contribution in [3.05, 3.63) is 63.9 Å². The van der Waals surface area contributed by atoms with Crippen LogP contribution in [0.2, 0.25) is 10.0 Å². The first-order valence-corrected chi connectivity index (χ1v) is 11.6. The highest BCUT2D eigenvalue weighted by Gasteiger charge is 2.32. The molecule has 1 saturated carbocycles. The van der Waals surface area contributed by atoms with Crippen LogP contribution in [0.3, 0.4) is 0 Å². The van der Waals surface area contributed by atoms with Crippen molar-refractivity contribution in [2.45, 2.75) is 49.2 Å². The molecule has 162 valence electrons. The van der Waals surface area contributed by atoms with Gasteiger partial charge in [0.05, 0.1) is 16.9 Å². The van der Waals surface area contributed by atoms with Crippen LogP contribution in [0.25, 0.3) is 11.4 Å². The highest BCUT2D eigenvalue weighted by molar-refractivity contribution is 8.00. The molecule has 1 heterocycles. The van der Waals surface area contributed by atoms with E-state index in [2.05, 4.69) is 15.5 Å². The van der Waals surface area contributed by atoms with Crippen molar-refractivity contribution < 1.29 is 9.18 Å². The van der Waals surface area contributed by atoms with Crippen LogP contribution in [0.4, 0.5) is 4.39 Å². The first-order chi connectivity index (χ1) is 14.8. The summed E-state index contributed by atoms with van der Waals surface area (Å²) in [5.41, 5.74) is 1.21. The Morgan fingerprint density at radius 2 is 1.94 bits per heavy atom. The molecule has 2 atom stereocenters. The zero-order valence-electron chi connectivity index (χ0n) is 17.0. The SMILES string of the molecule is CC(Sc1nnc(-c2ccccc2F)n1C1CC1)C(=O)NC(C)c1ccc(Cl)cc1Cl. The highest BCUT2D eigenvalue weighted by atomic mass is 35.5. The van der Waals surface area contributed by atoms with E-state index >= 15 is 0 Å². The van der Waals surface area contributed by atoms with Gasteiger partial charge in [0.15, 0.2) is 11.0 Å². The molecule has 0 radical (unpaired) electrons. The lowest BCUT2D eigenvalue weighted by Crippen LogP contribution is -2.33. The second kappa shape index (κ2) is 9.18. The second-order valence-electron chi connectivity index (χ2n) is 7.54. The summed E-state index contributed by atoms with van der Waals surface area (Å²) in [5, 5.41) is 12.7. The summed E-state index contributed by atoms with van der Waals surface area (Å²) in [4.78, 5) is 12.8. The molecule has 4 rings (SSSR count). The predicted molar refractivity (Wildman–Crippen MR) is 122 cm³/mol. The van der Waals surface area contributed by atoms with Crippen LogP contribution in [0.1, 0.15) is 44.3 Å². The van der Waals surface area contributed by atoms with Gasteiger partial charge < -0.3 is 5.32 Å². The van der Waals surface area contributed by atoms with Gasteiger partial charge in [0.1, 0.15) is 5.82 Å². The van der Waals surface area contributed by atoms with Crippen LogP contribution in [0.5, 0.6) is 0 Å². The summed E-state index contributed by atoms with van der Waals surface area (Å²) in [5.74, 6) is 0.00568. The third-order valence-electron chi connectivity index (χ3n) is 5.13. The van der Waals surface area contributed by atoms with E-state index in [0.717, 1.165) is 18.4 Å². The van der Waals surface area contributed by atoms with Crippen LogP contribution >= 0.6 is 35.0 Å². The van der Waals surface area contributed by atoms with E-state index in [0.29, 0.717) is 26.6 Å². The van der Waals surface area contributed by atoms with Crippen molar-refractivity contribution in [3.8, 4) is 11.4 Å². The summed E-state index contributed by atoms with van der Waals surface area (Å²) < 4.78 is 16.3. The summed E-state index contributed by atoms with van der Waals surface area (Å²) in [6.45, 7) is 3.68.